The standard InChI is InChI=1S/C11H11NS2/c1-9-12-11(8-13-9)14-7-10-5-3-2-4-6-10/h2-6,8H,7H2,1H3. The van der Waals surface area contributed by atoms with E-state index in [0.29, 0.717) is 0 Å². The Kier molecular flexibility index (Phi) is 3.22. The van der Waals surface area contributed by atoms with Crippen molar-refractivity contribution < 1.29 is 0 Å². The minimum absolute atomic E-state index is 1.00. The van der Waals surface area contributed by atoms with Crippen molar-refractivity contribution in [3.8, 4) is 0 Å². The number of hydrogen-bond acceptors (Lipinski definition) is 3. The van der Waals surface area contributed by atoms with Gasteiger partial charge in [0, 0.05) is 11.1 Å². The van der Waals surface area contributed by atoms with Crippen molar-refractivity contribution in [3.63, 3.8) is 0 Å². The van der Waals surface area contributed by atoms with Gasteiger partial charge in [0.15, 0.2) is 0 Å². The number of rotatable bonds is 3. The zero-order chi connectivity index (χ0) is 9.80. The Bertz CT molecular complexity index is 395. The van der Waals surface area contributed by atoms with Gasteiger partial charge in [-0.25, -0.2) is 4.98 Å². The van der Waals surface area contributed by atoms with E-state index in [2.05, 4.69) is 34.6 Å². The number of aromatic nitrogens is 1. The predicted molar refractivity (Wildman–Crippen MR) is 62.9 cm³/mol. The summed E-state index contributed by atoms with van der Waals surface area (Å²) in [4.78, 5) is 4.41. The van der Waals surface area contributed by atoms with Crippen molar-refractivity contribution in [1.82, 2.24) is 4.98 Å². The first-order valence-corrected chi connectivity index (χ1v) is 6.30. The third-order valence-electron chi connectivity index (χ3n) is 1.83. The molecule has 0 amide bonds. The molecule has 1 aromatic carbocycles. The normalized spacial score (nSPS) is 10.4. The smallest absolute Gasteiger partial charge is 0.108 e. The van der Waals surface area contributed by atoms with Crippen LogP contribution in [0.4, 0.5) is 0 Å². The van der Waals surface area contributed by atoms with E-state index in [-0.39, 0.29) is 0 Å². The number of aryl methyl sites for hydroxylation is 1. The second-order valence-corrected chi connectivity index (χ2v) is 5.04. The highest BCUT2D eigenvalue weighted by molar-refractivity contribution is 7.98. The first-order valence-electron chi connectivity index (χ1n) is 4.43. The highest BCUT2D eigenvalue weighted by Gasteiger charge is 1.99. The first-order chi connectivity index (χ1) is 6.84. The Balaban J connectivity index is 1.95. The highest BCUT2D eigenvalue weighted by atomic mass is 32.2. The summed E-state index contributed by atoms with van der Waals surface area (Å²) in [6.07, 6.45) is 0. The van der Waals surface area contributed by atoms with Crippen LogP contribution in [0.15, 0.2) is 40.7 Å². The molecule has 14 heavy (non-hydrogen) atoms. The van der Waals surface area contributed by atoms with Crippen molar-refractivity contribution in [2.75, 3.05) is 0 Å². The maximum Gasteiger partial charge on any atom is 0.108 e. The summed E-state index contributed by atoms with van der Waals surface area (Å²) in [7, 11) is 0. The fraction of sp³-hybridized carbons (Fsp3) is 0.182. The maximum absolute atomic E-state index is 4.41. The van der Waals surface area contributed by atoms with Crippen LogP contribution >= 0.6 is 23.1 Å². The molecule has 0 N–H and O–H groups in total. The molecule has 0 aliphatic rings. The number of thiazole rings is 1. The van der Waals surface area contributed by atoms with E-state index in [4.69, 9.17) is 0 Å². The van der Waals surface area contributed by atoms with Gasteiger partial charge in [-0.05, 0) is 12.5 Å². The van der Waals surface area contributed by atoms with E-state index < -0.39 is 0 Å². The Labute approximate surface area is 92.2 Å². The van der Waals surface area contributed by atoms with Crippen LogP contribution in [0.1, 0.15) is 10.6 Å². The minimum Gasteiger partial charge on any atom is -0.235 e. The summed E-state index contributed by atoms with van der Waals surface area (Å²) in [5, 5.41) is 4.39. The van der Waals surface area contributed by atoms with Gasteiger partial charge in [0.1, 0.15) is 5.03 Å². The van der Waals surface area contributed by atoms with Gasteiger partial charge in [0.25, 0.3) is 0 Å². The first kappa shape index (κ1) is 9.74. The summed E-state index contributed by atoms with van der Waals surface area (Å²) < 4.78 is 0. The van der Waals surface area contributed by atoms with Crippen LogP contribution in [0.3, 0.4) is 0 Å². The lowest BCUT2D eigenvalue weighted by atomic mass is 10.2. The number of hydrogen-bond donors (Lipinski definition) is 0. The van der Waals surface area contributed by atoms with E-state index in [1.54, 1.807) is 23.1 Å². The molecule has 1 heterocycles. The number of nitrogens with zero attached hydrogens (tertiary/aromatic N) is 1. The molecule has 0 saturated heterocycles. The molecule has 0 spiro atoms. The molecule has 0 aliphatic carbocycles. The van der Waals surface area contributed by atoms with Gasteiger partial charge in [-0.2, -0.15) is 0 Å². The van der Waals surface area contributed by atoms with E-state index >= 15 is 0 Å². The van der Waals surface area contributed by atoms with Crippen molar-refractivity contribution in [3.05, 3.63) is 46.3 Å². The molecule has 0 fully saturated rings. The lowest BCUT2D eigenvalue weighted by Gasteiger charge is -1.97. The average Bonchev–Trinajstić information content (AvgIpc) is 2.63. The quantitative estimate of drug-likeness (QED) is 0.732. The summed E-state index contributed by atoms with van der Waals surface area (Å²) in [5.41, 5.74) is 1.35. The molecule has 0 bridgehead atoms. The topological polar surface area (TPSA) is 12.9 Å². The molecule has 0 saturated carbocycles. The van der Waals surface area contributed by atoms with Crippen LogP contribution in [0.25, 0.3) is 0 Å². The van der Waals surface area contributed by atoms with Crippen molar-refractivity contribution in [2.24, 2.45) is 0 Å². The summed E-state index contributed by atoms with van der Waals surface area (Å²) >= 11 is 3.50. The zero-order valence-corrected chi connectivity index (χ0v) is 9.57. The SMILES string of the molecule is Cc1nc(SCc2ccccc2)cs1. The van der Waals surface area contributed by atoms with Crippen molar-refractivity contribution in [1.29, 1.82) is 0 Å². The van der Waals surface area contributed by atoms with Crippen LogP contribution in [-0.2, 0) is 5.75 Å². The zero-order valence-electron chi connectivity index (χ0n) is 7.93. The minimum atomic E-state index is 1.00. The summed E-state index contributed by atoms with van der Waals surface area (Å²) in [5.74, 6) is 1.00. The second kappa shape index (κ2) is 4.62. The number of thioether (sulfide) groups is 1. The van der Waals surface area contributed by atoms with E-state index in [1.807, 2.05) is 13.0 Å². The summed E-state index contributed by atoms with van der Waals surface area (Å²) in [6, 6.07) is 10.5. The molecule has 2 aromatic rings. The van der Waals surface area contributed by atoms with Gasteiger partial charge >= 0.3 is 0 Å². The molecule has 1 nitrogen and oxygen atoms in total. The average molecular weight is 221 g/mol. The Hall–Kier alpha value is -0.800. The predicted octanol–water partition coefficient (Wildman–Crippen LogP) is 3.74. The molecule has 3 heteroatoms. The van der Waals surface area contributed by atoms with Crippen LogP contribution in [-0.4, -0.2) is 4.98 Å². The fourth-order valence-electron chi connectivity index (χ4n) is 1.14. The molecule has 0 atom stereocenters. The van der Waals surface area contributed by atoms with Crippen LogP contribution < -0.4 is 0 Å². The van der Waals surface area contributed by atoms with Gasteiger partial charge < -0.3 is 0 Å². The Morgan fingerprint density at radius 2 is 2.07 bits per heavy atom. The third kappa shape index (κ3) is 2.59. The molecule has 0 unspecified atom stereocenters. The maximum atomic E-state index is 4.41. The molecule has 0 radical (unpaired) electrons. The summed E-state index contributed by atoms with van der Waals surface area (Å²) in [6.45, 7) is 2.04. The fourth-order valence-corrected chi connectivity index (χ4v) is 2.80. The third-order valence-corrected chi connectivity index (χ3v) is 3.73. The molecule has 72 valence electrons. The van der Waals surface area contributed by atoms with Crippen LogP contribution in [0.5, 0.6) is 0 Å². The van der Waals surface area contributed by atoms with Crippen LogP contribution in [0.2, 0.25) is 0 Å². The molecular formula is C11H11NS2. The lowest BCUT2D eigenvalue weighted by molar-refractivity contribution is 1.14. The second-order valence-electron chi connectivity index (χ2n) is 2.98. The Morgan fingerprint density at radius 3 is 2.71 bits per heavy atom. The van der Waals surface area contributed by atoms with Crippen molar-refractivity contribution in [2.45, 2.75) is 17.7 Å². The molecule has 2 rings (SSSR count). The molecular weight excluding hydrogens is 210 g/mol. The van der Waals surface area contributed by atoms with Gasteiger partial charge in [-0.3, -0.25) is 0 Å². The number of benzene rings is 1. The molecule has 1 aromatic heterocycles. The monoisotopic (exact) mass is 221 g/mol. The van der Waals surface area contributed by atoms with E-state index in [9.17, 15) is 0 Å². The Morgan fingerprint density at radius 1 is 1.29 bits per heavy atom. The molecule has 0 aliphatic heterocycles. The van der Waals surface area contributed by atoms with Gasteiger partial charge in [-0.15, -0.1) is 23.1 Å². The lowest BCUT2D eigenvalue weighted by Crippen LogP contribution is -1.79. The van der Waals surface area contributed by atoms with E-state index in [0.717, 1.165) is 15.8 Å². The highest BCUT2D eigenvalue weighted by Crippen LogP contribution is 2.23. The largest absolute Gasteiger partial charge is 0.235 e. The van der Waals surface area contributed by atoms with Gasteiger partial charge in [0.2, 0.25) is 0 Å². The van der Waals surface area contributed by atoms with Crippen molar-refractivity contribution >= 4 is 23.1 Å². The van der Waals surface area contributed by atoms with Gasteiger partial charge in [-0.1, -0.05) is 30.3 Å². The van der Waals surface area contributed by atoms with Crippen LogP contribution in [0, 0.1) is 6.92 Å². The van der Waals surface area contributed by atoms with E-state index in [1.165, 1.54) is 5.56 Å². The van der Waals surface area contributed by atoms with Gasteiger partial charge in [0.05, 0.1) is 5.01 Å².